The van der Waals surface area contributed by atoms with Gasteiger partial charge in [0.2, 0.25) is 10.0 Å². The molecule has 0 atom stereocenters. The Labute approximate surface area is 187 Å². The minimum absolute atomic E-state index is 0.00392. The monoisotopic (exact) mass is 518 g/mol. The first-order chi connectivity index (χ1) is 14.7. The molecule has 31 heavy (non-hydrogen) atoms. The number of benzene rings is 2. The van der Waals surface area contributed by atoms with Crippen LogP contribution in [-0.4, -0.2) is 39.3 Å². The summed E-state index contributed by atoms with van der Waals surface area (Å²) < 4.78 is 64.9. The van der Waals surface area contributed by atoms with Crippen LogP contribution in [0.1, 0.15) is 30.1 Å². The number of halogens is 3. The van der Waals surface area contributed by atoms with E-state index in [1.165, 1.54) is 19.1 Å². The number of carbonyl (C=O) groups excluding carboxylic acids is 1. The van der Waals surface area contributed by atoms with Gasteiger partial charge in [0.05, 0.1) is 21.5 Å². The van der Waals surface area contributed by atoms with Crippen molar-refractivity contribution in [3.8, 4) is 11.5 Å². The van der Waals surface area contributed by atoms with Crippen LogP contribution in [0.4, 0.5) is 14.5 Å². The van der Waals surface area contributed by atoms with Gasteiger partial charge in [-0.3, -0.25) is 9.52 Å². The fraction of sp³-hybridized carbons (Fsp3) is 0.350. The van der Waals surface area contributed by atoms with E-state index in [2.05, 4.69) is 26.0 Å². The zero-order chi connectivity index (χ0) is 22.6. The molecule has 0 aromatic heterocycles. The van der Waals surface area contributed by atoms with Gasteiger partial charge in [0.25, 0.3) is 5.91 Å². The summed E-state index contributed by atoms with van der Waals surface area (Å²) in [5.74, 6) is -2.58. The Morgan fingerprint density at radius 2 is 1.90 bits per heavy atom. The largest absolute Gasteiger partial charge is 0.453 e. The molecule has 1 fully saturated rings. The number of rotatable bonds is 7. The molecule has 1 aliphatic heterocycles. The molecule has 1 amide bonds. The lowest BCUT2D eigenvalue weighted by Gasteiger charge is -2.24. The Morgan fingerprint density at radius 3 is 2.55 bits per heavy atom. The van der Waals surface area contributed by atoms with Crippen molar-refractivity contribution in [2.75, 3.05) is 23.7 Å². The number of carbonyl (C=O) groups is 1. The maximum Gasteiger partial charge on any atom is 0.253 e. The van der Waals surface area contributed by atoms with Crippen molar-refractivity contribution in [2.24, 2.45) is 0 Å². The van der Waals surface area contributed by atoms with Crippen molar-refractivity contribution >= 4 is 37.5 Å². The molecule has 2 aromatic rings. The van der Waals surface area contributed by atoms with Crippen LogP contribution in [0.5, 0.6) is 11.5 Å². The Hall–Kier alpha value is -2.24. The first-order valence-electron chi connectivity index (χ1n) is 9.54. The second kappa shape index (κ2) is 9.92. The van der Waals surface area contributed by atoms with Gasteiger partial charge in [-0.15, -0.1) is 0 Å². The Kier molecular flexibility index (Phi) is 7.50. The minimum atomic E-state index is -3.67. The van der Waals surface area contributed by atoms with Gasteiger partial charge in [-0.1, -0.05) is 0 Å². The van der Waals surface area contributed by atoms with E-state index in [-0.39, 0.29) is 39.0 Å². The van der Waals surface area contributed by atoms with Gasteiger partial charge in [-0.25, -0.2) is 17.2 Å². The number of anilines is 1. The van der Waals surface area contributed by atoms with E-state index in [9.17, 15) is 22.0 Å². The molecule has 1 heterocycles. The highest BCUT2D eigenvalue weighted by Crippen LogP contribution is 2.36. The van der Waals surface area contributed by atoms with Gasteiger partial charge >= 0.3 is 0 Å². The van der Waals surface area contributed by atoms with Crippen LogP contribution in [-0.2, 0) is 14.8 Å². The second-order valence-corrected chi connectivity index (χ2v) is 9.74. The molecule has 0 radical (unpaired) electrons. The van der Waals surface area contributed by atoms with Crippen LogP contribution >= 0.6 is 15.9 Å². The molecule has 0 unspecified atom stereocenters. The fourth-order valence-electron chi connectivity index (χ4n) is 2.93. The highest BCUT2D eigenvalue weighted by atomic mass is 79.9. The molecule has 168 valence electrons. The third-order valence-electron chi connectivity index (χ3n) is 4.63. The normalized spacial score (nSPS) is 14.8. The van der Waals surface area contributed by atoms with Gasteiger partial charge < -0.3 is 14.8 Å². The van der Waals surface area contributed by atoms with Gasteiger partial charge in [-0.05, 0) is 60.0 Å². The molecule has 1 saturated heterocycles. The lowest BCUT2D eigenvalue weighted by atomic mass is 10.1. The summed E-state index contributed by atoms with van der Waals surface area (Å²) in [6.45, 7) is 2.49. The number of nitrogens with one attached hydrogen (secondary N) is 2. The van der Waals surface area contributed by atoms with Crippen molar-refractivity contribution in [1.29, 1.82) is 0 Å². The molecule has 2 aromatic carbocycles. The lowest BCUT2D eigenvalue weighted by molar-refractivity contribution is 0.0697. The van der Waals surface area contributed by atoms with E-state index in [4.69, 9.17) is 9.47 Å². The number of ether oxygens (including phenoxy) is 2. The predicted octanol–water partition coefficient (Wildman–Crippen LogP) is 4.19. The molecule has 0 bridgehead atoms. The molecule has 0 spiro atoms. The quantitative estimate of drug-likeness (QED) is 0.573. The smallest absolute Gasteiger partial charge is 0.253 e. The number of hydrogen-bond acceptors (Lipinski definition) is 5. The standard InChI is InChI=1S/C20H21BrF2N2O5S/c1-2-31(27,28)25-17-11-15(21)19(30-18-4-3-12(22)9-16(18)23)10-14(17)20(26)24-13-5-7-29-8-6-13/h3-4,9-11,13,25H,2,5-8H2,1H3,(H,24,26). The van der Waals surface area contributed by atoms with Gasteiger partial charge in [0.1, 0.15) is 11.6 Å². The van der Waals surface area contributed by atoms with E-state index >= 15 is 0 Å². The zero-order valence-electron chi connectivity index (χ0n) is 16.6. The van der Waals surface area contributed by atoms with Crippen LogP contribution in [0.3, 0.4) is 0 Å². The van der Waals surface area contributed by atoms with Crippen molar-refractivity contribution in [2.45, 2.75) is 25.8 Å². The Bertz CT molecular complexity index is 1080. The van der Waals surface area contributed by atoms with Gasteiger partial charge in [0.15, 0.2) is 11.6 Å². The molecule has 11 heteroatoms. The Balaban J connectivity index is 1.97. The molecular formula is C20H21BrF2N2O5S. The summed E-state index contributed by atoms with van der Waals surface area (Å²) in [5, 5.41) is 2.86. The van der Waals surface area contributed by atoms with E-state index in [1.807, 2.05) is 0 Å². The van der Waals surface area contributed by atoms with Gasteiger partial charge in [-0.2, -0.15) is 0 Å². The van der Waals surface area contributed by atoms with Crippen LogP contribution < -0.4 is 14.8 Å². The SMILES string of the molecule is CCS(=O)(=O)Nc1cc(Br)c(Oc2ccc(F)cc2F)cc1C(=O)NC1CCOCC1. The van der Waals surface area contributed by atoms with Crippen LogP contribution in [0, 0.1) is 11.6 Å². The van der Waals surface area contributed by atoms with Crippen molar-refractivity contribution in [3.63, 3.8) is 0 Å². The number of amides is 1. The van der Waals surface area contributed by atoms with Crippen LogP contribution in [0.15, 0.2) is 34.8 Å². The Morgan fingerprint density at radius 1 is 1.19 bits per heavy atom. The minimum Gasteiger partial charge on any atom is -0.453 e. The van der Waals surface area contributed by atoms with E-state index in [1.54, 1.807) is 0 Å². The summed E-state index contributed by atoms with van der Waals surface area (Å²) in [4.78, 5) is 13.0. The average Bonchev–Trinajstić information content (AvgIpc) is 2.72. The van der Waals surface area contributed by atoms with Crippen LogP contribution in [0.25, 0.3) is 0 Å². The van der Waals surface area contributed by atoms with Crippen molar-refractivity contribution in [3.05, 3.63) is 52.0 Å². The first kappa shape index (κ1) is 23.4. The highest BCUT2D eigenvalue weighted by Gasteiger charge is 2.23. The molecule has 7 nitrogen and oxygen atoms in total. The van der Waals surface area contributed by atoms with Gasteiger partial charge in [0, 0.05) is 25.3 Å². The average molecular weight is 519 g/mol. The maximum atomic E-state index is 14.0. The summed E-state index contributed by atoms with van der Waals surface area (Å²) in [7, 11) is -3.67. The summed E-state index contributed by atoms with van der Waals surface area (Å²) in [6.07, 6.45) is 1.25. The molecule has 1 aliphatic rings. The zero-order valence-corrected chi connectivity index (χ0v) is 19.0. The van der Waals surface area contributed by atoms with Crippen molar-refractivity contribution in [1.82, 2.24) is 5.32 Å². The molecule has 0 saturated carbocycles. The van der Waals surface area contributed by atoms with E-state index < -0.39 is 27.6 Å². The molecule has 3 rings (SSSR count). The first-order valence-corrected chi connectivity index (χ1v) is 12.0. The number of sulfonamides is 1. The van der Waals surface area contributed by atoms with E-state index in [0.29, 0.717) is 32.1 Å². The highest BCUT2D eigenvalue weighted by molar-refractivity contribution is 9.10. The third kappa shape index (κ3) is 6.14. The molecular weight excluding hydrogens is 498 g/mol. The maximum absolute atomic E-state index is 14.0. The summed E-state index contributed by atoms with van der Waals surface area (Å²) in [5.41, 5.74) is 0.0504. The summed E-state index contributed by atoms with van der Waals surface area (Å²) >= 11 is 3.25. The lowest BCUT2D eigenvalue weighted by Crippen LogP contribution is -2.39. The number of hydrogen-bond donors (Lipinski definition) is 2. The predicted molar refractivity (Wildman–Crippen MR) is 115 cm³/mol. The van der Waals surface area contributed by atoms with Crippen molar-refractivity contribution < 1.29 is 31.5 Å². The fourth-order valence-corrected chi connectivity index (χ4v) is 4.00. The van der Waals surface area contributed by atoms with E-state index in [0.717, 1.165) is 12.1 Å². The second-order valence-electron chi connectivity index (χ2n) is 6.87. The summed E-state index contributed by atoms with van der Waals surface area (Å²) in [6, 6.07) is 5.37. The molecule has 2 N–H and O–H groups in total. The molecule has 0 aliphatic carbocycles. The topological polar surface area (TPSA) is 93.7 Å². The van der Waals surface area contributed by atoms with Crippen LogP contribution in [0.2, 0.25) is 0 Å². The third-order valence-corrected chi connectivity index (χ3v) is 6.54.